The first kappa shape index (κ1) is 21.8. The maximum absolute atomic E-state index is 13.0. The van der Waals surface area contributed by atoms with Crippen LogP contribution < -0.4 is 24.8 Å². The summed E-state index contributed by atoms with van der Waals surface area (Å²) in [7, 11) is 5.33. The molecule has 170 valence electrons. The summed E-state index contributed by atoms with van der Waals surface area (Å²) in [6.45, 7) is 3.05. The van der Waals surface area contributed by atoms with Crippen molar-refractivity contribution in [2.45, 2.75) is 6.42 Å². The molecular weight excluding hydrogens is 412 g/mol. The van der Waals surface area contributed by atoms with E-state index >= 15 is 0 Å². The number of carbonyl (C=O) groups excluding carboxylic acids is 2. The number of ether oxygens (including phenoxy) is 2. The Labute approximate surface area is 187 Å². The molecular formula is C22H28N6O4. The predicted octanol–water partition coefficient (Wildman–Crippen LogP) is 1.38. The van der Waals surface area contributed by atoms with Crippen molar-refractivity contribution in [1.29, 1.82) is 0 Å². The van der Waals surface area contributed by atoms with E-state index in [1.807, 2.05) is 31.1 Å². The molecule has 1 N–H and O–H groups in total. The van der Waals surface area contributed by atoms with E-state index in [0.717, 1.165) is 18.8 Å². The molecule has 2 saturated heterocycles. The van der Waals surface area contributed by atoms with Gasteiger partial charge >= 0.3 is 0 Å². The van der Waals surface area contributed by atoms with E-state index in [2.05, 4.69) is 20.2 Å². The normalized spacial score (nSPS) is 18.6. The molecule has 0 radical (unpaired) electrons. The van der Waals surface area contributed by atoms with Crippen molar-refractivity contribution in [3.05, 3.63) is 30.5 Å². The van der Waals surface area contributed by atoms with Crippen LogP contribution in [0.2, 0.25) is 0 Å². The minimum absolute atomic E-state index is 0.0814. The molecule has 2 aliphatic heterocycles. The third-order valence-electron chi connectivity index (χ3n) is 5.61. The first-order valence-corrected chi connectivity index (χ1v) is 10.6. The molecule has 10 nitrogen and oxygen atoms in total. The highest BCUT2D eigenvalue weighted by Gasteiger charge is 2.35. The van der Waals surface area contributed by atoms with Crippen LogP contribution in [0.5, 0.6) is 5.75 Å². The first-order chi connectivity index (χ1) is 15.5. The molecule has 4 rings (SSSR count). The van der Waals surface area contributed by atoms with Crippen molar-refractivity contribution in [3.8, 4) is 5.75 Å². The highest BCUT2D eigenvalue weighted by Crippen LogP contribution is 2.29. The topological polar surface area (TPSA) is 100 Å². The van der Waals surface area contributed by atoms with E-state index in [1.54, 1.807) is 30.3 Å². The predicted molar refractivity (Wildman–Crippen MR) is 121 cm³/mol. The molecule has 32 heavy (non-hydrogen) atoms. The van der Waals surface area contributed by atoms with Crippen molar-refractivity contribution < 1.29 is 19.1 Å². The average molecular weight is 441 g/mol. The van der Waals surface area contributed by atoms with Crippen LogP contribution in [0.1, 0.15) is 6.42 Å². The van der Waals surface area contributed by atoms with E-state index in [1.165, 1.54) is 0 Å². The molecule has 2 fully saturated rings. The summed E-state index contributed by atoms with van der Waals surface area (Å²) in [6, 6.07) is 7.23. The number of benzene rings is 1. The first-order valence-electron chi connectivity index (χ1n) is 10.6. The number of carbonyl (C=O) groups is 2. The Hall–Kier alpha value is -3.40. The molecule has 1 atom stereocenters. The SMILES string of the molecule is COc1ccc(N2CC(C(=O)Nc3cnc(N4CCOCC4)nc3N(C)C)CC2=O)cc1. The summed E-state index contributed by atoms with van der Waals surface area (Å²) in [4.78, 5) is 40.2. The summed E-state index contributed by atoms with van der Waals surface area (Å²) in [5.41, 5.74) is 1.27. The molecule has 0 bridgehead atoms. The maximum atomic E-state index is 13.0. The van der Waals surface area contributed by atoms with Gasteiger partial charge in [0.1, 0.15) is 11.4 Å². The number of aromatic nitrogens is 2. The van der Waals surface area contributed by atoms with Gasteiger partial charge in [-0.1, -0.05) is 0 Å². The van der Waals surface area contributed by atoms with Crippen LogP contribution in [0.25, 0.3) is 0 Å². The zero-order chi connectivity index (χ0) is 22.7. The molecule has 0 aliphatic carbocycles. The second-order valence-electron chi connectivity index (χ2n) is 7.99. The number of nitrogens with one attached hydrogen (secondary N) is 1. The van der Waals surface area contributed by atoms with E-state index in [0.29, 0.717) is 43.0 Å². The summed E-state index contributed by atoms with van der Waals surface area (Å²) in [6.07, 6.45) is 1.78. The van der Waals surface area contributed by atoms with Crippen LogP contribution in [0.3, 0.4) is 0 Å². The summed E-state index contributed by atoms with van der Waals surface area (Å²) < 4.78 is 10.6. The third kappa shape index (κ3) is 4.59. The number of rotatable bonds is 6. The van der Waals surface area contributed by atoms with Crippen LogP contribution in [-0.2, 0) is 14.3 Å². The van der Waals surface area contributed by atoms with Crippen molar-refractivity contribution in [3.63, 3.8) is 0 Å². The summed E-state index contributed by atoms with van der Waals surface area (Å²) in [5.74, 6) is 1.18. The van der Waals surface area contributed by atoms with Gasteiger partial charge in [0.15, 0.2) is 5.82 Å². The van der Waals surface area contributed by atoms with Crippen molar-refractivity contribution in [1.82, 2.24) is 9.97 Å². The summed E-state index contributed by atoms with van der Waals surface area (Å²) in [5, 5.41) is 2.93. The number of morpholine rings is 1. The minimum atomic E-state index is -0.460. The van der Waals surface area contributed by atoms with Gasteiger partial charge in [-0.05, 0) is 24.3 Å². The lowest BCUT2D eigenvalue weighted by Crippen LogP contribution is -2.37. The molecule has 2 aromatic rings. The lowest BCUT2D eigenvalue weighted by molar-refractivity contribution is -0.122. The molecule has 3 heterocycles. The van der Waals surface area contributed by atoms with Gasteiger partial charge in [0, 0.05) is 45.8 Å². The van der Waals surface area contributed by atoms with E-state index in [-0.39, 0.29) is 18.2 Å². The van der Waals surface area contributed by atoms with Gasteiger partial charge in [0.2, 0.25) is 17.8 Å². The number of nitrogens with zero attached hydrogens (tertiary/aromatic N) is 5. The second-order valence-corrected chi connectivity index (χ2v) is 7.99. The molecule has 2 amide bonds. The summed E-state index contributed by atoms with van der Waals surface area (Å²) >= 11 is 0. The van der Waals surface area contributed by atoms with Crippen LogP contribution in [0.4, 0.5) is 23.1 Å². The Morgan fingerprint density at radius 3 is 2.59 bits per heavy atom. The molecule has 0 spiro atoms. The van der Waals surface area contributed by atoms with Gasteiger partial charge in [-0.15, -0.1) is 0 Å². The Balaban J connectivity index is 1.46. The Bertz CT molecular complexity index is 975. The highest BCUT2D eigenvalue weighted by atomic mass is 16.5. The standard InChI is InChI=1S/C22H28N6O4/c1-26(2)20-18(13-23-22(25-20)27-8-10-32-11-9-27)24-21(30)15-12-19(29)28(14-15)16-4-6-17(31-3)7-5-16/h4-7,13,15H,8-12,14H2,1-3H3,(H,24,30). The van der Waals surface area contributed by atoms with Crippen LogP contribution in [-0.4, -0.2) is 75.8 Å². The van der Waals surface area contributed by atoms with Gasteiger partial charge < -0.3 is 29.5 Å². The monoisotopic (exact) mass is 440 g/mol. The second kappa shape index (κ2) is 9.39. The van der Waals surface area contributed by atoms with Crippen molar-refractivity contribution in [2.75, 3.05) is 74.1 Å². The van der Waals surface area contributed by atoms with Crippen molar-refractivity contribution in [2.24, 2.45) is 5.92 Å². The van der Waals surface area contributed by atoms with Gasteiger partial charge in [-0.3, -0.25) is 9.59 Å². The lowest BCUT2D eigenvalue weighted by atomic mass is 10.1. The number of hydrogen-bond donors (Lipinski definition) is 1. The Morgan fingerprint density at radius 1 is 1.22 bits per heavy atom. The van der Waals surface area contributed by atoms with Crippen molar-refractivity contribution >= 4 is 35.0 Å². The van der Waals surface area contributed by atoms with E-state index in [9.17, 15) is 9.59 Å². The maximum Gasteiger partial charge on any atom is 0.229 e. The zero-order valence-electron chi connectivity index (χ0n) is 18.6. The Morgan fingerprint density at radius 2 is 1.94 bits per heavy atom. The molecule has 1 aromatic heterocycles. The fraction of sp³-hybridized carbons (Fsp3) is 0.455. The number of hydrogen-bond acceptors (Lipinski definition) is 8. The molecule has 10 heteroatoms. The van der Waals surface area contributed by atoms with Gasteiger partial charge in [-0.2, -0.15) is 4.98 Å². The molecule has 2 aliphatic rings. The minimum Gasteiger partial charge on any atom is -0.497 e. The molecule has 1 aromatic carbocycles. The van der Waals surface area contributed by atoms with Crippen LogP contribution in [0, 0.1) is 5.92 Å². The smallest absolute Gasteiger partial charge is 0.229 e. The molecule has 0 saturated carbocycles. The van der Waals surface area contributed by atoms with E-state index in [4.69, 9.17) is 9.47 Å². The number of methoxy groups -OCH3 is 1. The third-order valence-corrected chi connectivity index (χ3v) is 5.61. The molecule has 1 unspecified atom stereocenters. The average Bonchev–Trinajstić information content (AvgIpc) is 3.21. The van der Waals surface area contributed by atoms with E-state index < -0.39 is 5.92 Å². The lowest BCUT2D eigenvalue weighted by Gasteiger charge is -2.28. The Kier molecular flexibility index (Phi) is 6.40. The van der Waals surface area contributed by atoms with Crippen LogP contribution in [0.15, 0.2) is 30.5 Å². The largest absolute Gasteiger partial charge is 0.497 e. The van der Waals surface area contributed by atoms with Gasteiger partial charge in [0.05, 0.1) is 32.4 Å². The zero-order valence-corrected chi connectivity index (χ0v) is 18.6. The van der Waals surface area contributed by atoms with Crippen LogP contribution >= 0.6 is 0 Å². The highest BCUT2D eigenvalue weighted by molar-refractivity contribution is 6.04. The van der Waals surface area contributed by atoms with Gasteiger partial charge in [-0.25, -0.2) is 4.98 Å². The number of amides is 2. The quantitative estimate of drug-likeness (QED) is 0.719. The fourth-order valence-corrected chi connectivity index (χ4v) is 3.84. The number of anilines is 4. The fourth-order valence-electron chi connectivity index (χ4n) is 3.84. The van der Waals surface area contributed by atoms with Gasteiger partial charge in [0.25, 0.3) is 0 Å².